The average molecular weight is 250 g/mol. The molecule has 0 aliphatic carbocycles. The van der Waals surface area contributed by atoms with Crippen LogP contribution in [0.15, 0.2) is 12.1 Å². The van der Waals surface area contributed by atoms with E-state index in [0.717, 1.165) is 23.6 Å². The second kappa shape index (κ2) is 4.67. The molecule has 1 aliphatic rings. The van der Waals surface area contributed by atoms with E-state index in [2.05, 4.69) is 10.3 Å². The highest BCUT2D eigenvalue weighted by Crippen LogP contribution is 2.15. The molecule has 90 valence electrons. The van der Waals surface area contributed by atoms with Crippen LogP contribution in [0.25, 0.3) is 0 Å². The lowest BCUT2D eigenvalue weighted by Gasteiger charge is -2.28. The Labute approximate surface area is 105 Å². The van der Waals surface area contributed by atoms with Gasteiger partial charge in [-0.3, -0.25) is 4.79 Å². The summed E-state index contributed by atoms with van der Waals surface area (Å²) in [4.78, 5) is 18.0. The number of carbonyl (C=O) groups excluding carboxylic acids is 1. The number of carbonyl (C=O) groups is 1. The van der Waals surface area contributed by atoms with E-state index in [9.17, 15) is 4.79 Å². The molecule has 1 saturated heterocycles. The largest absolute Gasteiger partial charge is 0.389 e. The molecule has 0 bridgehead atoms. The Bertz CT molecular complexity index is 475. The molecule has 0 aromatic carbocycles. The Kier molecular flexibility index (Phi) is 3.23. The molecular formula is C11H14N4OS. The molecule has 1 amide bonds. The van der Waals surface area contributed by atoms with Crippen molar-refractivity contribution in [2.75, 3.05) is 24.5 Å². The smallest absolute Gasteiger partial charge is 0.239 e. The molecule has 0 saturated carbocycles. The van der Waals surface area contributed by atoms with Gasteiger partial charge in [0.25, 0.3) is 0 Å². The molecule has 17 heavy (non-hydrogen) atoms. The normalized spacial score (nSPS) is 15.6. The summed E-state index contributed by atoms with van der Waals surface area (Å²) in [6.45, 7) is 3.60. The number of piperazine rings is 1. The molecule has 1 aromatic heterocycles. The van der Waals surface area contributed by atoms with E-state index in [-0.39, 0.29) is 5.91 Å². The van der Waals surface area contributed by atoms with Gasteiger partial charge < -0.3 is 16.0 Å². The molecule has 1 fully saturated rings. The molecule has 0 spiro atoms. The van der Waals surface area contributed by atoms with E-state index < -0.39 is 0 Å². The minimum atomic E-state index is 0.0106. The van der Waals surface area contributed by atoms with Crippen molar-refractivity contribution in [3.05, 3.63) is 23.4 Å². The number of anilines is 1. The second-order valence-corrected chi connectivity index (χ2v) is 4.43. The molecule has 2 rings (SSSR count). The highest BCUT2D eigenvalue weighted by molar-refractivity contribution is 7.80. The number of thiocarbonyl (C=S) groups is 1. The molecule has 2 heterocycles. The fourth-order valence-corrected chi connectivity index (χ4v) is 1.91. The average Bonchev–Trinajstić information content (AvgIpc) is 2.28. The summed E-state index contributed by atoms with van der Waals surface area (Å²) in [5, 5.41) is 2.77. The number of hydrogen-bond acceptors (Lipinski definition) is 4. The van der Waals surface area contributed by atoms with Crippen LogP contribution in [0.1, 0.15) is 11.3 Å². The topological polar surface area (TPSA) is 71.2 Å². The first kappa shape index (κ1) is 11.8. The second-order valence-electron chi connectivity index (χ2n) is 3.99. The molecule has 5 nitrogen and oxygen atoms in total. The van der Waals surface area contributed by atoms with E-state index in [4.69, 9.17) is 18.0 Å². The maximum atomic E-state index is 11.3. The van der Waals surface area contributed by atoms with Gasteiger partial charge in [-0.05, 0) is 19.1 Å². The Morgan fingerprint density at radius 3 is 3.00 bits per heavy atom. The number of nitrogens with zero attached hydrogens (tertiary/aromatic N) is 2. The number of rotatable bonds is 2. The van der Waals surface area contributed by atoms with Gasteiger partial charge in [0.15, 0.2) is 0 Å². The Morgan fingerprint density at radius 1 is 1.59 bits per heavy atom. The summed E-state index contributed by atoms with van der Waals surface area (Å²) >= 11 is 4.96. The number of nitrogens with one attached hydrogen (secondary N) is 1. The van der Waals surface area contributed by atoms with Crippen LogP contribution in [0.4, 0.5) is 5.82 Å². The van der Waals surface area contributed by atoms with Crippen molar-refractivity contribution in [2.45, 2.75) is 6.92 Å². The molecule has 1 aromatic rings. The van der Waals surface area contributed by atoms with Gasteiger partial charge in [-0.25, -0.2) is 4.98 Å². The van der Waals surface area contributed by atoms with Crippen molar-refractivity contribution in [2.24, 2.45) is 5.73 Å². The van der Waals surface area contributed by atoms with Gasteiger partial charge in [0.05, 0.1) is 6.54 Å². The number of nitrogens with two attached hydrogens (primary N) is 1. The van der Waals surface area contributed by atoms with Gasteiger partial charge in [0, 0.05) is 24.3 Å². The zero-order chi connectivity index (χ0) is 12.4. The molecule has 0 atom stereocenters. The van der Waals surface area contributed by atoms with Crippen LogP contribution >= 0.6 is 12.2 Å². The predicted molar refractivity (Wildman–Crippen MR) is 70.1 cm³/mol. The lowest BCUT2D eigenvalue weighted by molar-refractivity contribution is -0.120. The fourth-order valence-electron chi connectivity index (χ4n) is 1.79. The summed E-state index contributed by atoms with van der Waals surface area (Å²) in [6, 6.07) is 3.67. The molecule has 1 aliphatic heterocycles. The van der Waals surface area contributed by atoms with E-state index in [1.54, 1.807) is 0 Å². The molecule has 6 heteroatoms. The van der Waals surface area contributed by atoms with Gasteiger partial charge >= 0.3 is 0 Å². The number of aromatic nitrogens is 1. The first-order valence-corrected chi connectivity index (χ1v) is 5.77. The van der Waals surface area contributed by atoms with Gasteiger partial charge in [0.1, 0.15) is 10.8 Å². The van der Waals surface area contributed by atoms with Crippen LogP contribution in [0, 0.1) is 6.92 Å². The van der Waals surface area contributed by atoms with Crippen molar-refractivity contribution in [3.8, 4) is 0 Å². The minimum Gasteiger partial charge on any atom is -0.389 e. The first-order valence-electron chi connectivity index (χ1n) is 5.36. The monoisotopic (exact) mass is 250 g/mol. The lowest BCUT2D eigenvalue weighted by Crippen LogP contribution is -2.48. The fraction of sp³-hybridized carbons (Fsp3) is 0.364. The maximum absolute atomic E-state index is 11.3. The van der Waals surface area contributed by atoms with Crippen LogP contribution in [0.5, 0.6) is 0 Å². The highest BCUT2D eigenvalue weighted by Gasteiger charge is 2.18. The standard InChI is InChI=1S/C11H14N4OS/c1-7-4-8(11(12)17)5-9(14-7)15-3-2-13-10(16)6-15/h4-5H,2-3,6H2,1H3,(H2,12,17)(H,13,16). The van der Waals surface area contributed by atoms with Gasteiger partial charge in [0.2, 0.25) is 5.91 Å². The minimum absolute atomic E-state index is 0.0106. The van der Waals surface area contributed by atoms with Crippen molar-refractivity contribution in [1.82, 2.24) is 10.3 Å². The van der Waals surface area contributed by atoms with E-state index in [1.807, 2.05) is 24.0 Å². The summed E-state index contributed by atoms with van der Waals surface area (Å²) in [7, 11) is 0. The molecular weight excluding hydrogens is 236 g/mol. The SMILES string of the molecule is Cc1cc(C(N)=S)cc(N2CCNC(=O)C2)n1. The third kappa shape index (κ3) is 2.71. The molecule has 0 radical (unpaired) electrons. The third-order valence-electron chi connectivity index (χ3n) is 2.59. The predicted octanol–water partition coefficient (Wildman–Crippen LogP) is -0.0396. The van der Waals surface area contributed by atoms with Gasteiger partial charge in [-0.15, -0.1) is 0 Å². The zero-order valence-corrected chi connectivity index (χ0v) is 10.4. The van der Waals surface area contributed by atoms with Crippen molar-refractivity contribution in [1.29, 1.82) is 0 Å². The Balaban J connectivity index is 2.31. The molecule has 0 unspecified atom stereocenters. The zero-order valence-electron chi connectivity index (χ0n) is 9.56. The van der Waals surface area contributed by atoms with Gasteiger partial charge in [-0.1, -0.05) is 12.2 Å². The lowest BCUT2D eigenvalue weighted by atomic mass is 10.2. The van der Waals surface area contributed by atoms with Crippen molar-refractivity contribution < 1.29 is 4.79 Å². The van der Waals surface area contributed by atoms with Crippen LogP contribution in [0.3, 0.4) is 0 Å². The summed E-state index contributed by atoms with van der Waals surface area (Å²) in [5.74, 6) is 0.763. The van der Waals surface area contributed by atoms with Crippen molar-refractivity contribution in [3.63, 3.8) is 0 Å². The Morgan fingerprint density at radius 2 is 2.35 bits per heavy atom. The van der Waals surface area contributed by atoms with E-state index in [0.29, 0.717) is 18.1 Å². The highest BCUT2D eigenvalue weighted by atomic mass is 32.1. The van der Waals surface area contributed by atoms with Crippen LogP contribution in [-0.4, -0.2) is 35.5 Å². The van der Waals surface area contributed by atoms with Crippen LogP contribution < -0.4 is 16.0 Å². The quantitative estimate of drug-likeness (QED) is 0.721. The first-order chi connectivity index (χ1) is 8.06. The van der Waals surface area contributed by atoms with Crippen LogP contribution in [-0.2, 0) is 4.79 Å². The summed E-state index contributed by atoms with van der Waals surface area (Å²) in [5.41, 5.74) is 7.24. The number of amides is 1. The Hall–Kier alpha value is -1.69. The summed E-state index contributed by atoms with van der Waals surface area (Å²) < 4.78 is 0. The molecule has 3 N–H and O–H groups in total. The maximum Gasteiger partial charge on any atom is 0.239 e. The van der Waals surface area contributed by atoms with Crippen LogP contribution in [0.2, 0.25) is 0 Å². The van der Waals surface area contributed by atoms with Crippen molar-refractivity contribution >= 4 is 28.9 Å². The summed E-state index contributed by atoms with van der Waals surface area (Å²) in [6.07, 6.45) is 0. The number of hydrogen-bond donors (Lipinski definition) is 2. The van der Waals surface area contributed by atoms with Gasteiger partial charge in [-0.2, -0.15) is 0 Å². The number of aryl methyl sites for hydroxylation is 1. The third-order valence-corrected chi connectivity index (χ3v) is 2.82. The number of pyridine rings is 1. The van der Waals surface area contributed by atoms with E-state index in [1.165, 1.54) is 0 Å². The van der Waals surface area contributed by atoms with E-state index >= 15 is 0 Å².